The highest BCUT2D eigenvalue weighted by atomic mass is 16.6. The van der Waals surface area contributed by atoms with Gasteiger partial charge in [-0.05, 0) is 0 Å². The summed E-state index contributed by atoms with van der Waals surface area (Å²) in [6.07, 6.45) is -1.80. The quantitative estimate of drug-likeness (QED) is 0.320. The van der Waals surface area contributed by atoms with Crippen molar-refractivity contribution in [2.45, 2.75) is 31.0 Å². The van der Waals surface area contributed by atoms with Gasteiger partial charge in [-0.2, -0.15) is 0 Å². The van der Waals surface area contributed by atoms with E-state index in [0.717, 1.165) is 0 Å². The third kappa shape index (κ3) is 3.16. The van der Waals surface area contributed by atoms with Gasteiger partial charge in [-0.1, -0.05) is 0 Å². The molecular weight excluding hydrogens is 186 g/mol. The highest BCUT2D eigenvalue weighted by Gasteiger charge is 2.34. The number of aliphatic hydroxyl groups excluding tert-OH is 2. The lowest BCUT2D eigenvalue weighted by atomic mass is 9.99. The summed E-state index contributed by atoms with van der Waals surface area (Å²) in [6.45, 7) is 1.62. The van der Waals surface area contributed by atoms with Crippen LogP contribution in [0.15, 0.2) is 0 Å². The molecule has 0 saturated carbocycles. The number of nitrogens with one attached hydrogen (secondary N) is 1. The molecule has 4 atom stereocenters. The van der Waals surface area contributed by atoms with E-state index < -0.39 is 24.5 Å². The molecule has 0 amide bonds. The van der Waals surface area contributed by atoms with Crippen LogP contribution in [0, 0.1) is 0 Å². The van der Waals surface area contributed by atoms with Crippen LogP contribution in [0.4, 0.5) is 0 Å². The van der Waals surface area contributed by atoms with Gasteiger partial charge in [0.25, 0.3) is 0 Å². The number of hydrogen-bond acceptors (Lipinski definition) is 6. The highest BCUT2D eigenvalue weighted by molar-refractivity contribution is 4.86. The summed E-state index contributed by atoms with van der Waals surface area (Å²) in [4.78, 5) is 0. The molecule has 0 aromatic carbocycles. The Bertz CT molecular complexity index is 170. The van der Waals surface area contributed by atoms with Crippen molar-refractivity contribution in [1.82, 2.24) is 5.32 Å². The Morgan fingerprint density at radius 1 is 1.43 bits per heavy atom. The van der Waals surface area contributed by atoms with E-state index in [1.165, 1.54) is 0 Å². The summed E-state index contributed by atoms with van der Waals surface area (Å²) >= 11 is 0. The fraction of sp³-hybridized carbons (Fsp3) is 1.00. The first-order chi connectivity index (χ1) is 6.65. The van der Waals surface area contributed by atoms with Gasteiger partial charge >= 0.3 is 0 Å². The number of nitrogens with two attached hydrogens (primary N) is 2. The van der Waals surface area contributed by atoms with Crippen LogP contribution in [-0.4, -0.2) is 54.4 Å². The minimum absolute atomic E-state index is 0.272. The number of ether oxygens (including phenoxy) is 1. The van der Waals surface area contributed by atoms with Crippen LogP contribution in [0.25, 0.3) is 0 Å². The molecule has 14 heavy (non-hydrogen) atoms. The van der Waals surface area contributed by atoms with E-state index in [1.54, 1.807) is 0 Å². The van der Waals surface area contributed by atoms with E-state index in [0.29, 0.717) is 19.6 Å². The van der Waals surface area contributed by atoms with Crippen LogP contribution in [-0.2, 0) is 4.74 Å². The van der Waals surface area contributed by atoms with E-state index in [4.69, 9.17) is 16.2 Å². The van der Waals surface area contributed by atoms with Crippen LogP contribution in [0.3, 0.4) is 0 Å². The molecule has 6 nitrogen and oxygen atoms in total. The van der Waals surface area contributed by atoms with Gasteiger partial charge in [0.15, 0.2) is 6.29 Å². The summed E-state index contributed by atoms with van der Waals surface area (Å²) in [5, 5.41) is 21.9. The monoisotopic (exact) mass is 205 g/mol. The lowest BCUT2D eigenvalue weighted by molar-refractivity contribution is -0.202. The van der Waals surface area contributed by atoms with Crippen molar-refractivity contribution in [3.8, 4) is 0 Å². The van der Waals surface area contributed by atoms with Gasteiger partial charge in [-0.25, -0.2) is 0 Å². The second kappa shape index (κ2) is 5.59. The van der Waals surface area contributed by atoms with Gasteiger partial charge in [0.05, 0.1) is 6.10 Å². The smallest absolute Gasteiger partial charge is 0.156 e. The van der Waals surface area contributed by atoms with Gasteiger partial charge in [-0.15, -0.1) is 0 Å². The van der Waals surface area contributed by atoms with Crippen molar-refractivity contribution >= 4 is 0 Å². The number of aliphatic hydroxyl groups is 2. The Hall–Kier alpha value is -0.240. The lowest BCUT2D eigenvalue weighted by Crippen LogP contribution is -2.55. The molecule has 0 aromatic heterocycles. The third-order valence-electron chi connectivity index (χ3n) is 2.29. The molecule has 0 radical (unpaired) electrons. The zero-order chi connectivity index (χ0) is 10.6. The van der Waals surface area contributed by atoms with E-state index in [1.807, 2.05) is 0 Å². The average Bonchev–Trinajstić information content (AvgIpc) is 2.13. The molecule has 0 aromatic rings. The molecule has 1 fully saturated rings. The van der Waals surface area contributed by atoms with Gasteiger partial charge in [-0.3, -0.25) is 0 Å². The van der Waals surface area contributed by atoms with Crippen LogP contribution in [0.2, 0.25) is 0 Å². The first-order valence-electron chi connectivity index (χ1n) is 4.83. The zero-order valence-electron chi connectivity index (χ0n) is 8.10. The molecule has 2 unspecified atom stereocenters. The van der Waals surface area contributed by atoms with Crippen LogP contribution in [0.1, 0.15) is 6.42 Å². The first kappa shape index (κ1) is 11.8. The average molecular weight is 205 g/mol. The Morgan fingerprint density at radius 2 is 2.14 bits per heavy atom. The summed E-state index contributed by atoms with van der Waals surface area (Å²) < 4.78 is 5.14. The molecule has 84 valence electrons. The van der Waals surface area contributed by atoms with Crippen LogP contribution < -0.4 is 16.8 Å². The largest absolute Gasteiger partial charge is 0.389 e. The number of rotatable bonds is 4. The standard InChI is InChI=1S/C8H19N3O3/c9-1-2-11-4-6-8(13)5(10)3-7(12)14-6/h5-8,11-13H,1-4,9-10H2/t5?,6?,7-,8-/m0/s1. The van der Waals surface area contributed by atoms with Crippen molar-refractivity contribution in [1.29, 1.82) is 0 Å². The van der Waals surface area contributed by atoms with Gasteiger partial charge in [0.2, 0.25) is 0 Å². The molecule has 0 bridgehead atoms. The minimum Gasteiger partial charge on any atom is -0.389 e. The molecule has 0 spiro atoms. The fourth-order valence-corrected chi connectivity index (χ4v) is 1.50. The molecule has 1 heterocycles. The van der Waals surface area contributed by atoms with E-state index in [-0.39, 0.29) is 6.42 Å². The summed E-state index contributed by atoms with van der Waals surface area (Å²) in [5.74, 6) is 0. The predicted molar refractivity (Wildman–Crippen MR) is 51.4 cm³/mol. The predicted octanol–water partition coefficient (Wildman–Crippen LogP) is -2.67. The van der Waals surface area contributed by atoms with Gasteiger partial charge in [0.1, 0.15) is 6.10 Å². The second-order valence-corrected chi connectivity index (χ2v) is 3.51. The Balaban J connectivity index is 2.33. The molecule has 0 aliphatic carbocycles. The van der Waals surface area contributed by atoms with Crippen molar-refractivity contribution < 1.29 is 14.9 Å². The van der Waals surface area contributed by atoms with Crippen molar-refractivity contribution in [3.63, 3.8) is 0 Å². The van der Waals surface area contributed by atoms with E-state index >= 15 is 0 Å². The molecule has 6 heteroatoms. The maximum atomic E-state index is 9.62. The Kier molecular flexibility index (Phi) is 4.73. The van der Waals surface area contributed by atoms with Crippen LogP contribution >= 0.6 is 0 Å². The van der Waals surface area contributed by atoms with E-state index in [9.17, 15) is 10.2 Å². The second-order valence-electron chi connectivity index (χ2n) is 3.51. The lowest BCUT2D eigenvalue weighted by Gasteiger charge is -2.35. The third-order valence-corrected chi connectivity index (χ3v) is 2.29. The van der Waals surface area contributed by atoms with Gasteiger partial charge in [0, 0.05) is 32.1 Å². The fourth-order valence-electron chi connectivity index (χ4n) is 1.50. The van der Waals surface area contributed by atoms with E-state index in [2.05, 4.69) is 5.32 Å². The Morgan fingerprint density at radius 3 is 2.79 bits per heavy atom. The molecule has 1 rings (SSSR count). The summed E-state index contributed by atoms with van der Waals surface area (Å²) in [6, 6.07) is -0.427. The molecule has 1 saturated heterocycles. The molecule has 1 aliphatic heterocycles. The van der Waals surface area contributed by atoms with Crippen LogP contribution in [0.5, 0.6) is 0 Å². The first-order valence-corrected chi connectivity index (χ1v) is 4.83. The zero-order valence-corrected chi connectivity index (χ0v) is 8.10. The Labute approximate surface area is 83.2 Å². The summed E-state index contributed by atoms with van der Waals surface area (Å²) in [7, 11) is 0. The van der Waals surface area contributed by atoms with Crippen molar-refractivity contribution in [3.05, 3.63) is 0 Å². The van der Waals surface area contributed by atoms with Crippen molar-refractivity contribution in [2.24, 2.45) is 11.5 Å². The minimum atomic E-state index is -0.877. The molecular formula is C8H19N3O3. The molecule has 1 aliphatic rings. The molecule has 7 N–H and O–H groups in total. The summed E-state index contributed by atoms with van der Waals surface area (Å²) in [5.41, 5.74) is 10.9. The maximum Gasteiger partial charge on any atom is 0.156 e. The van der Waals surface area contributed by atoms with Crippen molar-refractivity contribution in [2.75, 3.05) is 19.6 Å². The van der Waals surface area contributed by atoms with Gasteiger partial charge < -0.3 is 31.7 Å². The highest BCUT2D eigenvalue weighted by Crippen LogP contribution is 2.16. The number of hydrogen-bond donors (Lipinski definition) is 5. The normalized spacial score (nSPS) is 38.6. The SMILES string of the molecule is NCCNCC1O[C@H](O)CC(N)[C@@H]1O. The maximum absolute atomic E-state index is 9.62. The topological polar surface area (TPSA) is 114 Å².